The number of amides is 1. The molecule has 0 radical (unpaired) electrons. The minimum absolute atomic E-state index is 0.187. The Labute approximate surface area is 139 Å². The van der Waals surface area contributed by atoms with Gasteiger partial charge in [-0.05, 0) is 30.6 Å². The van der Waals surface area contributed by atoms with Crippen LogP contribution in [0.5, 0.6) is 0 Å². The number of rotatable bonds is 3. The van der Waals surface area contributed by atoms with Gasteiger partial charge in [-0.1, -0.05) is 16.6 Å². The van der Waals surface area contributed by atoms with Crippen LogP contribution >= 0.6 is 22.9 Å². The average Bonchev–Trinajstić information content (AvgIpc) is 3.23. The minimum Gasteiger partial charge on any atom is -0.321 e. The molecule has 114 valence electrons. The summed E-state index contributed by atoms with van der Waals surface area (Å²) in [7, 11) is 0. The molecule has 0 saturated heterocycles. The number of benzene rings is 1. The maximum absolute atomic E-state index is 12.1. The molecular formula is C15H11N5OS2. The van der Waals surface area contributed by atoms with E-state index >= 15 is 0 Å². The van der Waals surface area contributed by atoms with Crippen LogP contribution < -0.4 is 5.32 Å². The standard InChI is InChI=1S/C15H11N5OS2/c1-9-13(23-19-18-9)14(21)16-11-4-2-10(3-5-11)12-8-20-6-7-22-15(20)17-12/h2-8H,1H3,(H,16,21). The molecule has 1 amide bonds. The number of carbonyl (C=O) groups is 1. The van der Waals surface area contributed by atoms with Gasteiger partial charge in [0.1, 0.15) is 4.88 Å². The SMILES string of the molecule is Cc1nnsc1C(=O)Nc1ccc(-c2cn3ccsc3n2)cc1. The van der Waals surface area contributed by atoms with Crippen LogP contribution in [0.4, 0.5) is 5.69 Å². The summed E-state index contributed by atoms with van der Waals surface area (Å²) < 4.78 is 5.77. The van der Waals surface area contributed by atoms with E-state index in [-0.39, 0.29) is 5.91 Å². The molecule has 0 aliphatic rings. The van der Waals surface area contributed by atoms with Crippen molar-refractivity contribution < 1.29 is 4.79 Å². The molecular weight excluding hydrogens is 330 g/mol. The molecule has 8 heteroatoms. The molecule has 1 aromatic carbocycles. The van der Waals surface area contributed by atoms with Gasteiger partial charge < -0.3 is 5.32 Å². The lowest BCUT2D eigenvalue weighted by atomic mass is 10.1. The second-order valence-corrected chi connectivity index (χ2v) is 6.57. The maximum Gasteiger partial charge on any atom is 0.269 e. The first-order chi connectivity index (χ1) is 11.2. The molecule has 0 atom stereocenters. The Bertz CT molecular complexity index is 954. The van der Waals surface area contributed by atoms with Gasteiger partial charge in [0.25, 0.3) is 5.91 Å². The van der Waals surface area contributed by atoms with Crippen LogP contribution in [0, 0.1) is 6.92 Å². The van der Waals surface area contributed by atoms with Gasteiger partial charge in [0.2, 0.25) is 0 Å². The van der Waals surface area contributed by atoms with E-state index in [9.17, 15) is 4.79 Å². The lowest BCUT2D eigenvalue weighted by Gasteiger charge is -2.04. The van der Waals surface area contributed by atoms with Gasteiger partial charge in [-0.15, -0.1) is 16.4 Å². The van der Waals surface area contributed by atoms with Crippen LogP contribution in [0.25, 0.3) is 16.2 Å². The highest BCUT2D eigenvalue weighted by atomic mass is 32.1. The fourth-order valence-electron chi connectivity index (χ4n) is 2.22. The number of nitrogens with one attached hydrogen (secondary N) is 1. The number of thiazole rings is 1. The minimum atomic E-state index is -0.187. The number of nitrogens with zero attached hydrogens (tertiary/aromatic N) is 4. The Morgan fingerprint density at radius 2 is 2.09 bits per heavy atom. The molecule has 0 spiro atoms. The molecule has 1 N–H and O–H groups in total. The Hall–Kier alpha value is -2.58. The molecule has 0 aliphatic carbocycles. The summed E-state index contributed by atoms with van der Waals surface area (Å²) in [5.74, 6) is -0.187. The summed E-state index contributed by atoms with van der Waals surface area (Å²) in [5, 5.41) is 8.70. The number of aromatic nitrogens is 4. The first-order valence-corrected chi connectivity index (χ1v) is 8.49. The van der Waals surface area contributed by atoms with Crippen molar-refractivity contribution in [1.82, 2.24) is 19.0 Å². The zero-order valence-corrected chi connectivity index (χ0v) is 13.7. The summed E-state index contributed by atoms with van der Waals surface area (Å²) in [5.41, 5.74) is 3.29. The van der Waals surface area contributed by atoms with Crippen LogP contribution in [0.2, 0.25) is 0 Å². The second-order valence-electron chi connectivity index (χ2n) is 4.94. The van der Waals surface area contributed by atoms with E-state index in [2.05, 4.69) is 19.9 Å². The summed E-state index contributed by atoms with van der Waals surface area (Å²) in [6.07, 6.45) is 3.97. The van der Waals surface area contributed by atoms with Crippen LogP contribution in [0.15, 0.2) is 42.0 Å². The van der Waals surface area contributed by atoms with Crippen molar-refractivity contribution in [3.05, 3.63) is 52.6 Å². The molecule has 3 heterocycles. The van der Waals surface area contributed by atoms with Gasteiger partial charge in [0, 0.05) is 29.0 Å². The summed E-state index contributed by atoms with van der Waals surface area (Å²) in [6.45, 7) is 1.77. The molecule has 4 rings (SSSR count). The number of anilines is 1. The van der Waals surface area contributed by atoms with Gasteiger partial charge in [0.05, 0.1) is 11.4 Å². The van der Waals surface area contributed by atoms with E-state index in [0.29, 0.717) is 10.6 Å². The molecule has 0 bridgehead atoms. The van der Waals surface area contributed by atoms with Crippen LogP contribution in [-0.2, 0) is 0 Å². The highest BCUT2D eigenvalue weighted by molar-refractivity contribution is 7.15. The van der Waals surface area contributed by atoms with Crippen molar-refractivity contribution in [3.63, 3.8) is 0 Å². The average molecular weight is 341 g/mol. The third-order valence-corrected chi connectivity index (χ3v) is 4.99. The zero-order valence-electron chi connectivity index (χ0n) is 12.1. The number of hydrogen-bond donors (Lipinski definition) is 1. The van der Waals surface area contributed by atoms with E-state index in [1.165, 1.54) is 0 Å². The highest BCUT2D eigenvalue weighted by Crippen LogP contribution is 2.23. The Kier molecular flexibility index (Phi) is 3.40. The van der Waals surface area contributed by atoms with Crippen molar-refractivity contribution in [3.8, 4) is 11.3 Å². The third-order valence-electron chi connectivity index (χ3n) is 3.39. The molecule has 4 aromatic rings. The molecule has 3 aromatic heterocycles. The van der Waals surface area contributed by atoms with Crippen LogP contribution in [-0.4, -0.2) is 24.9 Å². The summed E-state index contributed by atoms with van der Waals surface area (Å²) >= 11 is 2.69. The first kappa shape index (κ1) is 14.0. The predicted molar refractivity (Wildman–Crippen MR) is 91.1 cm³/mol. The fraction of sp³-hybridized carbons (Fsp3) is 0.0667. The number of hydrogen-bond acceptors (Lipinski definition) is 6. The van der Waals surface area contributed by atoms with Crippen molar-refractivity contribution in [1.29, 1.82) is 0 Å². The number of fused-ring (bicyclic) bond motifs is 1. The summed E-state index contributed by atoms with van der Waals surface area (Å²) in [6, 6.07) is 7.62. The quantitative estimate of drug-likeness (QED) is 0.619. The monoisotopic (exact) mass is 341 g/mol. The van der Waals surface area contributed by atoms with E-state index < -0.39 is 0 Å². The largest absolute Gasteiger partial charge is 0.321 e. The molecule has 23 heavy (non-hydrogen) atoms. The second kappa shape index (κ2) is 5.56. The Balaban J connectivity index is 1.55. The van der Waals surface area contributed by atoms with E-state index in [4.69, 9.17) is 0 Å². The smallest absolute Gasteiger partial charge is 0.269 e. The number of imidazole rings is 1. The molecule has 0 unspecified atom stereocenters. The fourth-order valence-corrected chi connectivity index (χ4v) is 3.47. The number of aryl methyl sites for hydroxylation is 1. The van der Waals surface area contributed by atoms with Crippen LogP contribution in [0.3, 0.4) is 0 Å². The van der Waals surface area contributed by atoms with Crippen molar-refractivity contribution >= 4 is 39.4 Å². The van der Waals surface area contributed by atoms with Gasteiger partial charge in [0.15, 0.2) is 4.96 Å². The van der Waals surface area contributed by atoms with Gasteiger partial charge in [-0.25, -0.2) is 4.98 Å². The lowest BCUT2D eigenvalue weighted by Crippen LogP contribution is -2.11. The van der Waals surface area contributed by atoms with Gasteiger partial charge >= 0.3 is 0 Å². The Morgan fingerprint density at radius 3 is 2.78 bits per heavy atom. The van der Waals surface area contributed by atoms with Crippen molar-refractivity contribution in [2.45, 2.75) is 6.92 Å². The number of carbonyl (C=O) groups excluding carboxylic acids is 1. The Morgan fingerprint density at radius 1 is 1.26 bits per heavy atom. The van der Waals surface area contributed by atoms with Gasteiger partial charge in [-0.2, -0.15) is 0 Å². The van der Waals surface area contributed by atoms with Crippen molar-refractivity contribution in [2.24, 2.45) is 0 Å². The van der Waals surface area contributed by atoms with E-state index in [0.717, 1.165) is 33.4 Å². The molecule has 0 aliphatic heterocycles. The van der Waals surface area contributed by atoms with E-state index in [1.54, 1.807) is 18.3 Å². The highest BCUT2D eigenvalue weighted by Gasteiger charge is 2.13. The molecule has 6 nitrogen and oxygen atoms in total. The van der Waals surface area contributed by atoms with E-state index in [1.807, 2.05) is 46.4 Å². The third kappa shape index (κ3) is 2.62. The van der Waals surface area contributed by atoms with Crippen LogP contribution in [0.1, 0.15) is 15.4 Å². The topological polar surface area (TPSA) is 72.2 Å². The summed E-state index contributed by atoms with van der Waals surface area (Å²) in [4.78, 5) is 18.2. The molecule has 0 fully saturated rings. The van der Waals surface area contributed by atoms with Gasteiger partial charge in [-0.3, -0.25) is 9.20 Å². The maximum atomic E-state index is 12.1. The lowest BCUT2D eigenvalue weighted by molar-refractivity contribution is 0.103. The first-order valence-electron chi connectivity index (χ1n) is 6.83. The predicted octanol–water partition coefficient (Wildman–Crippen LogP) is 3.48. The normalized spacial score (nSPS) is 11.0. The molecule has 0 saturated carbocycles. The van der Waals surface area contributed by atoms with Crippen molar-refractivity contribution in [2.75, 3.05) is 5.32 Å². The zero-order chi connectivity index (χ0) is 15.8.